The van der Waals surface area contributed by atoms with Crippen LogP contribution in [0.1, 0.15) is 0 Å². The van der Waals surface area contributed by atoms with Gasteiger partial charge in [-0.15, -0.1) is 0 Å². The Bertz CT molecular complexity index is 11.6. The zero-order chi connectivity index (χ0) is 0. The molecule has 0 aliphatic heterocycles. The van der Waals surface area contributed by atoms with Crippen molar-refractivity contribution in [2.45, 2.75) is 0 Å². The Morgan fingerprint density at radius 1 is 1.00 bits per heavy atom. The van der Waals surface area contributed by atoms with Gasteiger partial charge in [-0.3, -0.25) is 0 Å². The Hall–Kier alpha value is 2.83. The molecular weight excluding hydrogens is 402 g/mol. The molecule has 5 heteroatoms. The van der Waals surface area contributed by atoms with Crippen molar-refractivity contribution in [1.29, 1.82) is 0 Å². The standard InChI is InChI=1S/Co.Cr.Fe.V.W. The third kappa shape index (κ3) is 19.9. The monoisotopic (exact) mass is 402 g/mol. The molecule has 0 fully saturated rings. The van der Waals surface area contributed by atoms with Crippen LogP contribution in [0.4, 0.5) is 0 Å². The predicted octanol–water partition coefficient (Wildman–Crippen LogP) is -0.0125. The molecule has 0 bridgehead atoms. The summed E-state index contributed by atoms with van der Waals surface area (Å²) < 4.78 is 0. The summed E-state index contributed by atoms with van der Waals surface area (Å²) in [5, 5.41) is 0. The van der Waals surface area contributed by atoms with Gasteiger partial charge in [-0.05, 0) is 0 Å². The van der Waals surface area contributed by atoms with Crippen LogP contribution in [0.5, 0.6) is 0 Å². The van der Waals surface area contributed by atoms with Crippen LogP contribution in [0.15, 0.2) is 0 Å². The summed E-state index contributed by atoms with van der Waals surface area (Å²) in [5.74, 6) is 0. The van der Waals surface area contributed by atoms with Gasteiger partial charge in [-0.25, -0.2) is 0 Å². The second-order valence-electron chi connectivity index (χ2n) is 0. The second-order valence-corrected chi connectivity index (χ2v) is 0. The predicted molar refractivity (Wildman–Crippen MR) is 0 cm³/mol. The first-order valence-electron chi connectivity index (χ1n) is 0. The Kier molecular flexibility index (Phi) is 264. The van der Waals surface area contributed by atoms with E-state index in [1.54, 1.807) is 0 Å². The van der Waals surface area contributed by atoms with Gasteiger partial charge in [0.05, 0.1) is 0 Å². The topological polar surface area (TPSA) is 0 Å². The van der Waals surface area contributed by atoms with E-state index in [1.807, 2.05) is 0 Å². The average molecular weight is 402 g/mol. The maximum atomic E-state index is 0. The van der Waals surface area contributed by atoms with Gasteiger partial charge in [0.1, 0.15) is 0 Å². The largest absolute Gasteiger partial charge is 0 e. The molecule has 0 spiro atoms. The first kappa shape index (κ1) is 45.6. The fraction of sp³-hybridized carbons (Fsp3) is 0. The molecule has 0 rings (SSSR count). The van der Waals surface area contributed by atoms with Crippen LogP contribution in [-0.2, 0) is 90.8 Å². The van der Waals surface area contributed by atoms with Gasteiger partial charge < -0.3 is 0 Å². The van der Waals surface area contributed by atoms with Crippen LogP contribution in [0, 0.1) is 0 Å². The van der Waals surface area contributed by atoms with E-state index in [-0.39, 0.29) is 90.8 Å². The van der Waals surface area contributed by atoms with E-state index in [4.69, 9.17) is 0 Å². The van der Waals surface area contributed by atoms with E-state index >= 15 is 0 Å². The quantitative estimate of drug-likeness (QED) is 0.501. The van der Waals surface area contributed by atoms with Gasteiger partial charge >= 0.3 is 0 Å². The summed E-state index contributed by atoms with van der Waals surface area (Å²) in [6.45, 7) is 0. The minimum atomic E-state index is 0. The SMILES string of the molecule is [Co].[Cr].[Fe].[V].[W]. The summed E-state index contributed by atoms with van der Waals surface area (Å²) in [4.78, 5) is 0. The molecule has 0 nitrogen and oxygen atoms in total. The van der Waals surface area contributed by atoms with Crippen molar-refractivity contribution in [3.63, 3.8) is 0 Å². The molecule has 0 saturated heterocycles. The molecule has 34 valence electrons. The molecule has 0 N–H and O–H groups in total. The molecule has 0 heterocycles. The molecule has 5 heavy (non-hydrogen) atoms. The molecule has 0 amide bonds. The van der Waals surface area contributed by atoms with E-state index in [0.29, 0.717) is 0 Å². The molecule has 0 unspecified atom stereocenters. The Labute approximate surface area is 89.6 Å². The molecule has 0 atom stereocenters. The maximum Gasteiger partial charge on any atom is 0 e. The molecule has 0 aromatic carbocycles. The van der Waals surface area contributed by atoms with Gasteiger partial charge in [0.2, 0.25) is 0 Å². The second kappa shape index (κ2) is 29.0. The summed E-state index contributed by atoms with van der Waals surface area (Å²) in [7, 11) is 0. The minimum Gasteiger partial charge on any atom is 0 e. The van der Waals surface area contributed by atoms with Gasteiger partial charge in [0.25, 0.3) is 0 Å². The zero-order valence-corrected chi connectivity index (χ0v) is 9.70. The van der Waals surface area contributed by atoms with E-state index in [2.05, 4.69) is 0 Å². The molecule has 0 aromatic rings. The third-order valence-corrected chi connectivity index (χ3v) is 0. The molecule has 0 aliphatic rings. The van der Waals surface area contributed by atoms with Crippen molar-refractivity contribution < 1.29 is 90.8 Å². The van der Waals surface area contributed by atoms with Gasteiger partial charge in [0.15, 0.2) is 0 Å². The maximum absolute atomic E-state index is 0. The number of hydrogen-bond donors (Lipinski definition) is 0. The molecule has 2 radical (unpaired) electrons. The van der Waals surface area contributed by atoms with Crippen molar-refractivity contribution in [1.82, 2.24) is 0 Å². The molecule has 0 aliphatic carbocycles. The molecule has 0 saturated carbocycles. The van der Waals surface area contributed by atoms with Crippen molar-refractivity contribution in [3.05, 3.63) is 0 Å². The van der Waals surface area contributed by atoms with Crippen LogP contribution in [0.3, 0.4) is 0 Å². The normalized spacial score (nSPS) is 0. The van der Waals surface area contributed by atoms with E-state index in [0.717, 1.165) is 0 Å². The van der Waals surface area contributed by atoms with Gasteiger partial charge in [0, 0.05) is 90.8 Å². The molecular formula is CoCrFeVW. The minimum absolute atomic E-state index is 0. The summed E-state index contributed by atoms with van der Waals surface area (Å²) in [6.07, 6.45) is 0. The van der Waals surface area contributed by atoms with Crippen molar-refractivity contribution >= 4 is 0 Å². The number of rotatable bonds is 0. The Morgan fingerprint density at radius 2 is 1.00 bits per heavy atom. The average Bonchev–Trinajstić information content (AvgIpc) is 0. The third-order valence-electron chi connectivity index (χ3n) is 0. The van der Waals surface area contributed by atoms with Crippen LogP contribution >= 0.6 is 0 Å². The fourth-order valence-electron chi connectivity index (χ4n) is 0. The summed E-state index contributed by atoms with van der Waals surface area (Å²) in [5.41, 5.74) is 0. The Balaban J connectivity index is 0. The van der Waals surface area contributed by atoms with E-state index < -0.39 is 0 Å². The van der Waals surface area contributed by atoms with Crippen LogP contribution in [-0.4, -0.2) is 0 Å². The van der Waals surface area contributed by atoms with Crippen LogP contribution in [0.2, 0.25) is 0 Å². The van der Waals surface area contributed by atoms with Gasteiger partial charge in [-0.1, -0.05) is 0 Å². The summed E-state index contributed by atoms with van der Waals surface area (Å²) >= 11 is 0. The van der Waals surface area contributed by atoms with Crippen LogP contribution in [0.25, 0.3) is 0 Å². The van der Waals surface area contributed by atoms with Crippen molar-refractivity contribution in [3.8, 4) is 0 Å². The number of hydrogen-bond acceptors (Lipinski definition) is 0. The summed E-state index contributed by atoms with van der Waals surface area (Å²) in [6, 6.07) is 0. The Morgan fingerprint density at radius 3 is 1.00 bits per heavy atom. The van der Waals surface area contributed by atoms with E-state index in [1.165, 1.54) is 0 Å². The smallest absolute Gasteiger partial charge is 0 e. The van der Waals surface area contributed by atoms with Crippen LogP contribution < -0.4 is 0 Å². The van der Waals surface area contributed by atoms with Crippen molar-refractivity contribution in [2.75, 3.05) is 0 Å². The van der Waals surface area contributed by atoms with Gasteiger partial charge in [-0.2, -0.15) is 0 Å². The first-order valence-corrected chi connectivity index (χ1v) is 0. The first-order chi connectivity index (χ1) is 0. The van der Waals surface area contributed by atoms with Crippen molar-refractivity contribution in [2.24, 2.45) is 0 Å². The zero-order valence-electron chi connectivity index (χ0n) is 1.95. The fourth-order valence-corrected chi connectivity index (χ4v) is 0. The van der Waals surface area contributed by atoms with E-state index in [9.17, 15) is 0 Å². The molecule has 0 aromatic heterocycles.